The summed E-state index contributed by atoms with van der Waals surface area (Å²) in [4.78, 5) is 8.38. The molecule has 0 aliphatic heterocycles. The number of nitrogens with one attached hydrogen (secondary N) is 1. The highest BCUT2D eigenvalue weighted by Crippen LogP contribution is 2.35. The molecule has 0 atom stereocenters. The van der Waals surface area contributed by atoms with E-state index in [1.165, 1.54) is 16.2 Å². The molecule has 3 heteroatoms. The molecular weight excluding hydrogens is 294 g/mol. The van der Waals surface area contributed by atoms with Crippen molar-refractivity contribution < 1.29 is 0 Å². The minimum absolute atomic E-state index is 0.727. The molecule has 3 N–H and O–H groups in total. The number of para-hydroxylation sites is 1. The summed E-state index contributed by atoms with van der Waals surface area (Å²) >= 11 is 0. The van der Waals surface area contributed by atoms with Crippen LogP contribution in [0.15, 0.2) is 72.8 Å². The quantitative estimate of drug-likeness (QED) is 0.333. The molecule has 24 heavy (non-hydrogen) atoms. The normalized spacial score (nSPS) is 11.5. The third kappa shape index (κ3) is 1.75. The first-order valence-electron chi connectivity index (χ1n) is 7.97. The van der Waals surface area contributed by atoms with E-state index in [9.17, 15) is 0 Å². The first-order chi connectivity index (χ1) is 11.8. The highest BCUT2D eigenvalue weighted by Gasteiger charge is 2.14. The zero-order chi connectivity index (χ0) is 16.1. The minimum Gasteiger partial charge on any atom is -0.398 e. The molecule has 0 unspecified atom stereocenters. The lowest BCUT2D eigenvalue weighted by Gasteiger charge is -2.05. The van der Waals surface area contributed by atoms with Crippen molar-refractivity contribution in [2.45, 2.75) is 0 Å². The van der Waals surface area contributed by atoms with E-state index in [4.69, 9.17) is 10.7 Å². The SMILES string of the molecule is Nc1ccccc1-c1nc2c3ccccc3c3ccccc3c2[nH]1. The number of hydrogen-bond donors (Lipinski definition) is 2. The molecule has 1 heterocycles. The number of benzene rings is 4. The van der Waals surface area contributed by atoms with Crippen LogP contribution in [0.25, 0.3) is 44.0 Å². The zero-order valence-electron chi connectivity index (χ0n) is 13.0. The number of aromatic nitrogens is 2. The fourth-order valence-electron chi connectivity index (χ4n) is 3.46. The lowest BCUT2D eigenvalue weighted by atomic mass is 10.0. The predicted octanol–water partition coefficient (Wildman–Crippen LogP) is 5.12. The van der Waals surface area contributed by atoms with Crippen molar-refractivity contribution in [2.75, 3.05) is 5.73 Å². The third-order valence-corrected chi connectivity index (χ3v) is 4.59. The first kappa shape index (κ1) is 13.1. The summed E-state index contributed by atoms with van der Waals surface area (Å²) in [5.74, 6) is 0.810. The molecule has 0 fully saturated rings. The largest absolute Gasteiger partial charge is 0.398 e. The number of nitrogens with zero attached hydrogens (tertiary/aromatic N) is 1. The molecule has 114 valence electrons. The monoisotopic (exact) mass is 309 g/mol. The van der Waals surface area contributed by atoms with Crippen LogP contribution in [0.2, 0.25) is 0 Å². The lowest BCUT2D eigenvalue weighted by molar-refractivity contribution is 1.34. The summed E-state index contributed by atoms with van der Waals surface area (Å²) in [6.07, 6.45) is 0. The third-order valence-electron chi connectivity index (χ3n) is 4.59. The van der Waals surface area contributed by atoms with E-state index in [-0.39, 0.29) is 0 Å². The summed E-state index contributed by atoms with van der Waals surface area (Å²) in [6.45, 7) is 0. The zero-order valence-corrected chi connectivity index (χ0v) is 13.0. The number of nitrogen functional groups attached to an aromatic ring is 1. The fraction of sp³-hybridized carbons (Fsp3) is 0. The van der Waals surface area contributed by atoms with E-state index >= 15 is 0 Å². The lowest BCUT2D eigenvalue weighted by Crippen LogP contribution is -1.90. The Kier molecular flexibility index (Phi) is 2.65. The molecule has 0 spiro atoms. The Balaban J connectivity index is 1.98. The summed E-state index contributed by atoms with van der Waals surface area (Å²) < 4.78 is 0. The molecule has 5 aromatic rings. The van der Waals surface area contributed by atoms with Gasteiger partial charge in [-0.15, -0.1) is 0 Å². The molecule has 4 aromatic carbocycles. The van der Waals surface area contributed by atoms with Gasteiger partial charge in [-0.2, -0.15) is 0 Å². The van der Waals surface area contributed by atoms with Crippen LogP contribution in [0, 0.1) is 0 Å². The van der Waals surface area contributed by atoms with Gasteiger partial charge in [-0.25, -0.2) is 4.98 Å². The number of hydrogen-bond acceptors (Lipinski definition) is 2. The van der Waals surface area contributed by atoms with Crippen molar-refractivity contribution >= 4 is 38.3 Å². The van der Waals surface area contributed by atoms with Gasteiger partial charge in [0, 0.05) is 22.0 Å². The van der Waals surface area contributed by atoms with Crippen LogP contribution in [-0.2, 0) is 0 Å². The molecule has 0 saturated heterocycles. The van der Waals surface area contributed by atoms with Crippen LogP contribution >= 0.6 is 0 Å². The molecule has 1 aromatic heterocycles. The van der Waals surface area contributed by atoms with Crippen molar-refractivity contribution in [1.29, 1.82) is 0 Å². The maximum Gasteiger partial charge on any atom is 0.140 e. The minimum atomic E-state index is 0.727. The van der Waals surface area contributed by atoms with Gasteiger partial charge >= 0.3 is 0 Å². The number of H-pyrrole nitrogens is 1. The Labute approximate surface area is 138 Å². The number of nitrogens with two attached hydrogens (primary N) is 1. The molecule has 0 amide bonds. The van der Waals surface area contributed by atoms with Gasteiger partial charge in [0.15, 0.2) is 0 Å². The van der Waals surface area contributed by atoms with Gasteiger partial charge in [0.2, 0.25) is 0 Å². The van der Waals surface area contributed by atoms with E-state index in [1.807, 2.05) is 24.3 Å². The van der Waals surface area contributed by atoms with Crippen LogP contribution in [0.1, 0.15) is 0 Å². The molecular formula is C21H15N3. The molecule has 0 saturated carbocycles. The van der Waals surface area contributed by atoms with E-state index < -0.39 is 0 Å². The highest BCUT2D eigenvalue weighted by molar-refractivity contribution is 6.23. The Bertz CT molecular complexity index is 1150. The Morgan fingerprint density at radius 2 is 1.25 bits per heavy atom. The van der Waals surface area contributed by atoms with E-state index in [0.29, 0.717) is 0 Å². The molecule has 0 radical (unpaired) electrons. The number of fused-ring (bicyclic) bond motifs is 6. The first-order valence-corrected chi connectivity index (χ1v) is 7.97. The van der Waals surface area contributed by atoms with Gasteiger partial charge in [0.1, 0.15) is 5.82 Å². The van der Waals surface area contributed by atoms with E-state index in [1.54, 1.807) is 0 Å². The molecule has 5 rings (SSSR count). The summed E-state index contributed by atoms with van der Waals surface area (Å²) in [5, 5.41) is 4.79. The van der Waals surface area contributed by atoms with Crippen LogP contribution in [0.4, 0.5) is 5.69 Å². The van der Waals surface area contributed by atoms with Gasteiger partial charge in [0.05, 0.1) is 11.0 Å². The molecule has 0 aliphatic carbocycles. The van der Waals surface area contributed by atoms with Gasteiger partial charge in [-0.1, -0.05) is 60.7 Å². The van der Waals surface area contributed by atoms with Gasteiger partial charge in [0.25, 0.3) is 0 Å². The second-order valence-corrected chi connectivity index (χ2v) is 5.99. The van der Waals surface area contributed by atoms with E-state index in [0.717, 1.165) is 33.5 Å². The second kappa shape index (κ2) is 4.83. The molecule has 3 nitrogen and oxygen atoms in total. The van der Waals surface area contributed by atoms with Gasteiger partial charge < -0.3 is 10.7 Å². The summed E-state index contributed by atoms with van der Waals surface area (Å²) in [7, 11) is 0. The van der Waals surface area contributed by atoms with Crippen molar-refractivity contribution in [3.63, 3.8) is 0 Å². The molecule has 0 bridgehead atoms. The van der Waals surface area contributed by atoms with Crippen molar-refractivity contribution in [3.05, 3.63) is 72.8 Å². The Morgan fingerprint density at radius 3 is 2.00 bits per heavy atom. The van der Waals surface area contributed by atoms with Gasteiger partial charge in [-0.05, 0) is 22.9 Å². The number of anilines is 1. The average Bonchev–Trinajstić information content (AvgIpc) is 3.08. The number of aromatic amines is 1. The van der Waals surface area contributed by atoms with Crippen LogP contribution < -0.4 is 5.73 Å². The van der Waals surface area contributed by atoms with Gasteiger partial charge in [-0.3, -0.25) is 0 Å². The summed E-state index contributed by atoms with van der Waals surface area (Å²) in [5.41, 5.74) is 9.85. The second-order valence-electron chi connectivity index (χ2n) is 5.99. The Morgan fingerprint density at radius 1 is 0.667 bits per heavy atom. The summed E-state index contributed by atoms with van der Waals surface area (Å²) in [6, 6.07) is 24.7. The standard InChI is InChI=1S/C21H15N3/c22-18-12-6-5-11-17(18)21-23-19-15-9-3-1-7-13(15)14-8-2-4-10-16(14)20(19)24-21/h1-12H,22H2,(H,23,24). The average molecular weight is 309 g/mol. The van der Waals surface area contributed by atoms with E-state index in [2.05, 4.69) is 53.5 Å². The number of rotatable bonds is 1. The fourth-order valence-corrected chi connectivity index (χ4v) is 3.46. The van der Waals surface area contributed by atoms with Crippen molar-refractivity contribution in [2.24, 2.45) is 0 Å². The van der Waals surface area contributed by atoms with Crippen molar-refractivity contribution in [3.8, 4) is 11.4 Å². The van der Waals surface area contributed by atoms with Crippen molar-refractivity contribution in [1.82, 2.24) is 9.97 Å². The number of imidazole rings is 1. The van der Waals surface area contributed by atoms with Crippen LogP contribution in [0.5, 0.6) is 0 Å². The van der Waals surface area contributed by atoms with Crippen LogP contribution in [0.3, 0.4) is 0 Å². The maximum absolute atomic E-state index is 6.14. The maximum atomic E-state index is 6.14. The Hall–Kier alpha value is -3.33. The topological polar surface area (TPSA) is 54.7 Å². The molecule has 0 aliphatic rings. The predicted molar refractivity (Wildman–Crippen MR) is 101 cm³/mol. The van der Waals surface area contributed by atoms with Crippen LogP contribution in [-0.4, -0.2) is 9.97 Å². The smallest absolute Gasteiger partial charge is 0.140 e. The highest BCUT2D eigenvalue weighted by atomic mass is 14.9.